The van der Waals surface area contributed by atoms with E-state index < -0.39 is 0 Å². The Balaban J connectivity index is 1.47. The maximum Gasteiger partial charge on any atom is 0.222 e. The molecule has 0 unspecified atom stereocenters. The molecule has 1 amide bonds. The number of carbonyl (C=O) groups is 1. The third-order valence-electron chi connectivity index (χ3n) is 4.24. The van der Waals surface area contributed by atoms with Crippen LogP contribution in [0, 0.1) is 0 Å². The first-order valence-corrected chi connectivity index (χ1v) is 7.19. The summed E-state index contributed by atoms with van der Waals surface area (Å²) in [6.07, 6.45) is 8.55. The average molecular weight is 263 g/mol. The van der Waals surface area contributed by atoms with Gasteiger partial charge in [0, 0.05) is 25.0 Å². The number of amides is 1. The van der Waals surface area contributed by atoms with Crippen molar-refractivity contribution < 1.29 is 4.79 Å². The van der Waals surface area contributed by atoms with E-state index in [0.29, 0.717) is 25.0 Å². The van der Waals surface area contributed by atoms with Crippen molar-refractivity contribution in [1.29, 1.82) is 0 Å². The van der Waals surface area contributed by atoms with Gasteiger partial charge in [-0.15, -0.1) is 0 Å². The van der Waals surface area contributed by atoms with E-state index in [1.807, 2.05) is 0 Å². The summed E-state index contributed by atoms with van der Waals surface area (Å²) in [5.74, 6) is 0.132. The molecule has 2 fully saturated rings. The summed E-state index contributed by atoms with van der Waals surface area (Å²) < 4.78 is 1.70. The fraction of sp³-hybridized carbons (Fsp3) is 0.769. The molecular formula is C13H21N5O. The van der Waals surface area contributed by atoms with E-state index in [9.17, 15) is 4.79 Å². The van der Waals surface area contributed by atoms with Crippen LogP contribution in [0.15, 0.2) is 12.7 Å². The molecule has 6 heteroatoms. The number of hydrogen-bond donors (Lipinski definition) is 1. The maximum absolute atomic E-state index is 12.0. The van der Waals surface area contributed by atoms with E-state index >= 15 is 0 Å². The van der Waals surface area contributed by atoms with Crippen LogP contribution >= 0.6 is 0 Å². The molecule has 0 spiro atoms. The number of piperidine rings is 1. The minimum absolute atomic E-state index is 0.132. The van der Waals surface area contributed by atoms with E-state index in [1.165, 1.54) is 32.1 Å². The Kier molecular flexibility index (Phi) is 3.77. The quantitative estimate of drug-likeness (QED) is 0.854. The lowest BCUT2D eigenvalue weighted by Crippen LogP contribution is -2.46. The van der Waals surface area contributed by atoms with E-state index in [0.717, 1.165) is 13.0 Å². The topological polar surface area (TPSA) is 63.1 Å². The largest absolute Gasteiger partial charge is 0.352 e. The van der Waals surface area contributed by atoms with E-state index in [4.69, 9.17) is 0 Å². The predicted molar refractivity (Wildman–Crippen MR) is 70.4 cm³/mol. The number of hydrogen-bond acceptors (Lipinski definition) is 4. The lowest BCUT2D eigenvalue weighted by atomic mass is 9.99. The normalized spacial score (nSPS) is 27.2. The zero-order valence-corrected chi connectivity index (χ0v) is 11.2. The van der Waals surface area contributed by atoms with Gasteiger partial charge in [0.05, 0.1) is 6.54 Å². The molecule has 2 aliphatic rings. The second-order valence-electron chi connectivity index (χ2n) is 5.47. The third kappa shape index (κ3) is 2.94. The summed E-state index contributed by atoms with van der Waals surface area (Å²) in [5.41, 5.74) is 0. The average Bonchev–Trinajstić information content (AvgIpc) is 3.07. The number of nitrogens with one attached hydrogen (secondary N) is 1. The lowest BCUT2D eigenvalue weighted by molar-refractivity contribution is -0.122. The molecule has 1 N–H and O–H groups in total. The van der Waals surface area contributed by atoms with Crippen LogP contribution < -0.4 is 5.32 Å². The molecular weight excluding hydrogens is 242 g/mol. The van der Waals surface area contributed by atoms with E-state index in [2.05, 4.69) is 20.3 Å². The van der Waals surface area contributed by atoms with Gasteiger partial charge < -0.3 is 5.32 Å². The van der Waals surface area contributed by atoms with Crippen LogP contribution in [0.25, 0.3) is 0 Å². The second kappa shape index (κ2) is 5.69. The highest BCUT2D eigenvalue weighted by Gasteiger charge is 2.35. The van der Waals surface area contributed by atoms with Gasteiger partial charge >= 0.3 is 0 Å². The molecule has 3 rings (SSSR count). The van der Waals surface area contributed by atoms with Gasteiger partial charge in [-0.05, 0) is 25.8 Å². The number of aromatic nitrogens is 3. The Hall–Kier alpha value is -1.43. The molecule has 0 saturated carbocycles. The van der Waals surface area contributed by atoms with E-state index in [1.54, 1.807) is 11.0 Å². The first-order valence-electron chi connectivity index (χ1n) is 7.19. The molecule has 0 aromatic carbocycles. The summed E-state index contributed by atoms with van der Waals surface area (Å²) in [7, 11) is 0. The lowest BCUT2D eigenvalue weighted by Gasteiger charge is -2.32. The molecule has 0 bridgehead atoms. The number of nitrogens with zero attached hydrogens (tertiary/aromatic N) is 4. The minimum atomic E-state index is 0.132. The van der Waals surface area contributed by atoms with Crippen molar-refractivity contribution in [2.45, 2.75) is 50.7 Å². The van der Waals surface area contributed by atoms with Gasteiger partial charge in [0.25, 0.3) is 0 Å². The molecule has 2 atom stereocenters. The summed E-state index contributed by atoms with van der Waals surface area (Å²) >= 11 is 0. The van der Waals surface area contributed by atoms with Crippen LogP contribution in [0.2, 0.25) is 0 Å². The Morgan fingerprint density at radius 2 is 2.26 bits per heavy atom. The van der Waals surface area contributed by atoms with Crippen molar-refractivity contribution >= 4 is 5.91 Å². The van der Waals surface area contributed by atoms with Gasteiger partial charge in [0.15, 0.2) is 0 Å². The van der Waals surface area contributed by atoms with Gasteiger partial charge in [-0.3, -0.25) is 14.4 Å². The number of rotatable bonds is 4. The fourth-order valence-corrected chi connectivity index (χ4v) is 3.26. The molecule has 0 radical (unpaired) electrons. The zero-order chi connectivity index (χ0) is 13.1. The maximum atomic E-state index is 12.0. The molecule has 104 valence electrons. The van der Waals surface area contributed by atoms with Crippen LogP contribution in [0.4, 0.5) is 0 Å². The first-order chi connectivity index (χ1) is 9.33. The summed E-state index contributed by atoms with van der Waals surface area (Å²) in [4.78, 5) is 18.4. The molecule has 2 saturated heterocycles. The molecule has 6 nitrogen and oxygen atoms in total. The Morgan fingerprint density at radius 3 is 3.11 bits per heavy atom. The van der Waals surface area contributed by atoms with Gasteiger partial charge in [-0.2, -0.15) is 5.10 Å². The highest BCUT2D eigenvalue weighted by atomic mass is 16.1. The second-order valence-corrected chi connectivity index (χ2v) is 5.47. The van der Waals surface area contributed by atoms with Crippen LogP contribution in [-0.4, -0.2) is 50.7 Å². The van der Waals surface area contributed by atoms with Gasteiger partial charge in [-0.1, -0.05) is 6.42 Å². The predicted octanol–water partition coefficient (Wildman–Crippen LogP) is 0.411. The molecule has 1 aromatic rings. The van der Waals surface area contributed by atoms with E-state index in [-0.39, 0.29) is 5.91 Å². The Bertz CT molecular complexity index is 419. The molecule has 2 aliphatic heterocycles. The summed E-state index contributed by atoms with van der Waals surface area (Å²) in [5, 5.41) is 7.20. The van der Waals surface area contributed by atoms with Crippen LogP contribution in [0.1, 0.15) is 32.1 Å². The van der Waals surface area contributed by atoms with Crippen molar-refractivity contribution in [2.24, 2.45) is 0 Å². The molecule has 0 aliphatic carbocycles. The number of fused-ring (bicyclic) bond motifs is 1. The highest BCUT2D eigenvalue weighted by Crippen LogP contribution is 2.27. The highest BCUT2D eigenvalue weighted by molar-refractivity contribution is 5.76. The Morgan fingerprint density at radius 1 is 1.32 bits per heavy atom. The number of aryl methyl sites for hydroxylation is 1. The van der Waals surface area contributed by atoms with Crippen molar-refractivity contribution in [2.75, 3.05) is 13.1 Å². The first kappa shape index (κ1) is 12.6. The smallest absolute Gasteiger partial charge is 0.222 e. The fourth-order valence-electron chi connectivity index (χ4n) is 3.26. The monoisotopic (exact) mass is 263 g/mol. The van der Waals surface area contributed by atoms with Crippen molar-refractivity contribution in [3.63, 3.8) is 0 Å². The van der Waals surface area contributed by atoms with Crippen LogP contribution in [-0.2, 0) is 11.3 Å². The van der Waals surface area contributed by atoms with Crippen LogP contribution in [0.5, 0.6) is 0 Å². The van der Waals surface area contributed by atoms with Gasteiger partial charge in [-0.25, -0.2) is 4.98 Å². The summed E-state index contributed by atoms with van der Waals surface area (Å²) in [6.45, 7) is 2.95. The minimum Gasteiger partial charge on any atom is -0.352 e. The molecule has 1 aromatic heterocycles. The SMILES string of the molecule is O=C(CCn1cncn1)N[C@@H]1CCN2CCCC[C@H]12. The molecule has 3 heterocycles. The zero-order valence-electron chi connectivity index (χ0n) is 11.2. The summed E-state index contributed by atoms with van der Waals surface area (Å²) in [6, 6.07) is 0.924. The third-order valence-corrected chi connectivity index (χ3v) is 4.24. The molecule has 19 heavy (non-hydrogen) atoms. The van der Waals surface area contributed by atoms with Crippen LogP contribution in [0.3, 0.4) is 0 Å². The van der Waals surface area contributed by atoms with Crippen molar-refractivity contribution in [1.82, 2.24) is 25.0 Å². The van der Waals surface area contributed by atoms with Crippen molar-refractivity contribution in [3.05, 3.63) is 12.7 Å². The Labute approximate surface area is 113 Å². The van der Waals surface area contributed by atoms with Crippen molar-refractivity contribution in [3.8, 4) is 0 Å². The van der Waals surface area contributed by atoms with Gasteiger partial charge in [0.1, 0.15) is 12.7 Å². The van der Waals surface area contributed by atoms with Gasteiger partial charge in [0.2, 0.25) is 5.91 Å². The standard InChI is InChI=1S/C13H21N5O/c19-13(5-8-18-10-14-9-15-18)16-11-4-7-17-6-2-1-3-12(11)17/h9-12H,1-8H2,(H,16,19)/t11-,12-/m1/s1. The number of carbonyl (C=O) groups excluding carboxylic acids is 1.